The molecule has 58 heavy (non-hydrogen) atoms. The molecular formula is C54H105NO3. The van der Waals surface area contributed by atoms with Crippen LogP contribution in [0.4, 0.5) is 0 Å². The Morgan fingerprint density at radius 2 is 0.655 bits per heavy atom. The number of nitrogens with one attached hydrogen (secondary N) is 1. The molecule has 0 aliphatic heterocycles. The van der Waals surface area contributed by atoms with Crippen LogP contribution in [0, 0.1) is 0 Å². The van der Waals surface area contributed by atoms with Gasteiger partial charge in [0.2, 0.25) is 5.91 Å². The summed E-state index contributed by atoms with van der Waals surface area (Å²) in [7, 11) is 0. The molecule has 0 rings (SSSR count). The van der Waals surface area contributed by atoms with Crippen molar-refractivity contribution < 1.29 is 15.0 Å². The van der Waals surface area contributed by atoms with Crippen LogP contribution in [0.2, 0.25) is 0 Å². The number of amides is 1. The molecular weight excluding hydrogens is 711 g/mol. The van der Waals surface area contributed by atoms with E-state index in [1.165, 1.54) is 250 Å². The van der Waals surface area contributed by atoms with E-state index in [0.29, 0.717) is 6.42 Å². The lowest BCUT2D eigenvalue weighted by molar-refractivity contribution is -0.123. The van der Waals surface area contributed by atoms with E-state index in [1.54, 1.807) is 6.08 Å². The van der Waals surface area contributed by atoms with Crippen LogP contribution in [-0.2, 0) is 4.79 Å². The van der Waals surface area contributed by atoms with E-state index < -0.39 is 12.1 Å². The Labute approximate surface area is 364 Å². The fourth-order valence-electron chi connectivity index (χ4n) is 8.35. The molecule has 0 saturated heterocycles. The summed E-state index contributed by atoms with van der Waals surface area (Å²) in [5.74, 6) is -0.0593. The van der Waals surface area contributed by atoms with Crippen molar-refractivity contribution in [1.82, 2.24) is 5.32 Å². The van der Waals surface area contributed by atoms with Crippen LogP contribution >= 0.6 is 0 Å². The number of rotatable bonds is 49. The number of hydrogen-bond acceptors (Lipinski definition) is 3. The average Bonchev–Trinajstić information content (AvgIpc) is 3.23. The SMILES string of the molecule is CCCCCCCCCC/C=C\CCCCCCCCCCCCCCCCCCCCCCCC(=O)NC(CO)C(O)/C=C/CCCCCCCCCCCCC. The van der Waals surface area contributed by atoms with E-state index in [2.05, 4.69) is 31.3 Å². The second kappa shape index (κ2) is 50.2. The van der Waals surface area contributed by atoms with Gasteiger partial charge in [0.05, 0.1) is 18.8 Å². The first-order valence-corrected chi connectivity index (χ1v) is 26.6. The highest BCUT2D eigenvalue weighted by Gasteiger charge is 2.18. The van der Waals surface area contributed by atoms with Crippen molar-refractivity contribution in [2.75, 3.05) is 6.61 Å². The Balaban J connectivity index is 3.40. The first kappa shape index (κ1) is 56.9. The summed E-state index contributed by atoms with van der Waals surface area (Å²) in [6.45, 7) is 4.32. The Bertz CT molecular complexity index is 840. The molecule has 2 atom stereocenters. The lowest BCUT2D eigenvalue weighted by Crippen LogP contribution is -2.45. The maximum atomic E-state index is 12.4. The Morgan fingerprint density at radius 1 is 0.397 bits per heavy atom. The smallest absolute Gasteiger partial charge is 0.220 e. The molecule has 0 heterocycles. The summed E-state index contributed by atoms with van der Waals surface area (Å²) in [6.07, 6.45) is 66.2. The fourth-order valence-corrected chi connectivity index (χ4v) is 8.35. The highest BCUT2D eigenvalue weighted by molar-refractivity contribution is 5.76. The van der Waals surface area contributed by atoms with Crippen LogP contribution in [0.3, 0.4) is 0 Å². The number of aliphatic hydroxyl groups excluding tert-OH is 2. The fraction of sp³-hybridized carbons (Fsp3) is 0.907. The molecule has 4 nitrogen and oxygen atoms in total. The maximum Gasteiger partial charge on any atom is 0.220 e. The highest BCUT2D eigenvalue weighted by atomic mass is 16.3. The van der Waals surface area contributed by atoms with Crippen molar-refractivity contribution in [3.8, 4) is 0 Å². The molecule has 344 valence electrons. The summed E-state index contributed by atoms with van der Waals surface area (Å²) >= 11 is 0. The number of allylic oxidation sites excluding steroid dienone is 3. The lowest BCUT2D eigenvalue weighted by atomic mass is 10.0. The number of carbonyl (C=O) groups is 1. The Kier molecular flexibility index (Phi) is 49.2. The van der Waals surface area contributed by atoms with Gasteiger partial charge in [-0.15, -0.1) is 0 Å². The van der Waals surface area contributed by atoms with Crippen LogP contribution in [0.5, 0.6) is 0 Å². The van der Waals surface area contributed by atoms with Gasteiger partial charge in [-0.2, -0.15) is 0 Å². The average molecular weight is 816 g/mol. The van der Waals surface area contributed by atoms with Crippen LogP contribution in [-0.4, -0.2) is 34.9 Å². The number of unbranched alkanes of at least 4 members (excludes halogenated alkanes) is 40. The number of aliphatic hydroxyl groups is 2. The van der Waals surface area contributed by atoms with Gasteiger partial charge >= 0.3 is 0 Å². The minimum absolute atomic E-state index is 0.0593. The molecule has 2 unspecified atom stereocenters. The molecule has 0 aliphatic rings. The van der Waals surface area contributed by atoms with Gasteiger partial charge in [0, 0.05) is 6.42 Å². The quantitative estimate of drug-likeness (QED) is 0.0423. The van der Waals surface area contributed by atoms with E-state index >= 15 is 0 Å². The molecule has 0 fully saturated rings. The van der Waals surface area contributed by atoms with E-state index in [-0.39, 0.29) is 12.5 Å². The predicted molar refractivity (Wildman–Crippen MR) is 258 cm³/mol. The molecule has 0 aliphatic carbocycles. The third-order valence-corrected chi connectivity index (χ3v) is 12.4. The monoisotopic (exact) mass is 816 g/mol. The zero-order valence-corrected chi connectivity index (χ0v) is 39.6. The minimum atomic E-state index is -0.835. The second-order valence-electron chi connectivity index (χ2n) is 18.3. The van der Waals surface area contributed by atoms with Gasteiger partial charge in [0.25, 0.3) is 0 Å². The van der Waals surface area contributed by atoms with Crippen molar-refractivity contribution >= 4 is 5.91 Å². The van der Waals surface area contributed by atoms with E-state index in [9.17, 15) is 15.0 Å². The van der Waals surface area contributed by atoms with Gasteiger partial charge in [-0.3, -0.25) is 4.79 Å². The lowest BCUT2D eigenvalue weighted by Gasteiger charge is -2.20. The van der Waals surface area contributed by atoms with Crippen molar-refractivity contribution in [3.05, 3.63) is 24.3 Å². The van der Waals surface area contributed by atoms with Gasteiger partial charge in [0.15, 0.2) is 0 Å². The molecule has 3 N–H and O–H groups in total. The van der Waals surface area contributed by atoms with Crippen molar-refractivity contribution in [2.24, 2.45) is 0 Å². The van der Waals surface area contributed by atoms with Gasteiger partial charge in [-0.1, -0.05) is 269 Å². The molecule has 0 spiro atoms. The standard InChI is InChI=1S/C54H105NO3/c1-3-5-7-9-11-13-15-17-18-19-20-21-22-23-24-25-26-27-28-29-30-31-32-33-34-35-36-38-40-42-44-46-48-50-54(58)55-52(51-56)53(57)49-47-45-43-41-39-37-16-14-12-10-8-6-4-2/h19-20,47,49,52-53,56-57H,3-18,21-46,48,50-51H2,1-2H3,(H,55,58)/b20-19-,49-47+. The van der Waals surface area contributed by atoms with Crippen LogP contribution < -0.4 is 5.32 Å². The van der Waals surface area contributed by atoms with Crippen molar-refractivity contribution in [1.29, 1.82) is 0 Å². The highest BCUT2D eigenvalue weighted by Crippen LogP contribution is 2.17. The van der Waals surface area contributed by atoms with Crippen molar-refractivity contribution in [3.63, 3.8) is 0 Å². The van der Waals surface area contributed by atoms with Gasteiger partial charge < -0.3 is 15.5 Å². The summed E-state index contributed by atoms with van der Waals surface area (Å²) in [4.78, 5) is 12.4. The predicted octanol–water partition coefficient (Wildman–Crippen LogP) is 17.1. The van der Waals surface area contributed by atoms with Gasteiger partial charge in [-0.25, -0.2) is 0 Å². The normalized spacial score (nSPS) is 13.0. The molecule has 0 aromatic rings. The maximum absolute atomic E-state index is 12.4. The largest absolute Gasteiger partial charge is 0.394 e. The van der Waals surface area contributed by atoms with Crippen LogP contribution in [0.25, 0.3) is 0 Å². The topological polar surface area (TPSA) is 69.6 Å². The third kappa shape index (κ3) is 45.9. The third-order valence-electron chi connectivity index (χ3n) is 12.4. The van der Waals surface area contributed by atoms with Crippen molar-refractivity contribution in [2.45, 2.75) is 309 Å². The molecule has 0 aromatic heterocycles. The molecule has 4 heteroatoms. The molecule has 0 radical (unpaired) electrons. The molecule has 0 aromatic carbocycles. The number of carbonyl (C=O) groups excluding carboxylic acids is 1. The summed E-state index contributed by atoms with van der Waals surface area (Å²) < 4.78 is 0. The van der Waals surface area contributed by atoms with Gasteiger partial charge in [0.1, 0.15) is 0 Å². The van der Waals surface area contributed by atoms with E-state index in [1.807, 2.05) is 6.08 Å². The number of hydrogen-bond donors (Lipinski definition) is 3. The zero-order chi connectivity index (χ0) is 42.1. The van der Waals surface area contributed by atoms with Gasteiger partial charge in [-0.05, 0) is 44.9 Å². The van der Waals surface area contributed by atoms with Crippen LogP contribution in [0.1, 0.15) is 296 Å². The zero-order valence-electron chi connectivity index (χ0n) is 39.6. The minimum Gasteiger partial charge on any atom is -0.394 e. The Hall–Kier alpha value is -1.13. The Morgan fingerprint density at radius 3 is 0.948 bits per heavy atom. The summed E-state index contributed by atoms with van der Waals surface area (Å²) in [5.41, 5.74) is 0. The second-order valence-corrected chi connectivity index (χ2v) is 18.3. The summed E-state index contributed by atoms with van der Waals surface area (Å²) in [5, 5.41) is 23.0. The molecule has 0 bridgehead atoms. The van der Waals surface area contributed by atoms with Crippen LogP contribution in [0.15, 0.2) is 24.3 Å². The molecule has 0 saturated carbocycles. The van der Waals surface area contributed by atoms with E-state index in [0.717, 1.165) is 25.7 Å². The summed E-state index contributed by atoms with van der Waals surface area (Å²) in [6, 6.07) is -0.618. The first-order chi connectivity index (χ1) is 28.7. The molecule has 1 amide bonds. The first-order valence-electron chi connectivity index (χ1n) is 26.6. The van der Waals surface area contributed by atoms with E-state index in [4.69, 9.17) is 0 Å².